The minimum Gasteiger partial charge on any atom is -0.304 e. The minimum absolute atomic E-state index is 0.827. The number of rotatable bonds is 8. The molecule has 29 heavy (non-hydrogen) atoms. The van der Waals surface area contributed by atoms with Gasteiger partial charge >= 0.3 is 0 Å². The molecule has 1 aromatic carbocycles. The van der Waals surface area contributed by atoms with E-state index in [1.807, 2.05) is 42.9 Å². The zero-order valence-corrected chi connectivity index (χ0v) is 16.8. The molecule has 0 spiro atoms. The number of aromatic nitrogens is 3. The normalized spacial score (nSPS) is 11.1. The fourth-order valence-electron chi connectivity index (χ4n) is 3.55. The van der Waals surface area contributed by atoms with Crippen molar-refractivity contribution in [2.24, 2.45) is 0 Å². The van der Waals surface area contributed by atoms with Crippen LogP contribution in [0.3, 0.4) is 0 Å². The highest BCUT2D eigenvalue weighted by molar-refractivity contribution is 5.28. The fourth-order valence-corrected chi connectivity index (χ4v) is 3.55. The third kappa shape index (κ3) is 4.98. The topological polar surface area (TPSA) is 34.0 Å². The van der Waals surface area contributed by atoms with Crippen LogP contribution in [0.5, 0.6) is 0 Å². The highest BCUT2D eigenvalue weighted by Crippen LogP contribution is 2.17. The Morgan fingerprint density at radius 1 is 0.759 bits per heavy atom. The molecule has 0 aliphatic rings. The molecule has 0 amide bonds. The van der Waals surface area contributed by atoms with Gasteiger partial charge < -0.3 is 4.57 Å². The van der Waals surface area contributed by atoms with Gasteiger partial charge in [0.05, 0.1) is 0 Å². The summed E-state index contributed by atoms with van der Waals surface area (Å²) in [5.41, 5.74) is 5.13. The molecule has 0 saturated carbocycles. The van der Waals surface area contributed by atoms with E-state index in [9.17, 15) is 0 Å². The number of benzene rings is 1. The molecule has 0 saturated heterocycles. The Morgan fingerprint density at radius 3 is 2.31 bits per heavy atom. The molecular formula is C25H26N4. The van der Waals surface area contributed by atoms with E-state index in [0.717, 1.165) is 31.9 Å². The first-order valence-electron chi connectivity index (χ1n) is 10.1. The second-order valence-electron chi connectivity index (χ2n) is 7.23. The molecule has 3 heterocycles. The van der Waals surface area contributed by atoms with Crippen molar-refractivity contribution in [2.75, 3.05) is 0 Å². The van der Waals surface area contributed by atoms with Gasteiger partial charge in [-0.1, -0.05) is 43.3 Å². The Kier molecular flexibility index (Phi) is 6.13. The van der Waals surface area contributed by atoms with Crippen LogP contribution in [0, 0.1) is 0 Å². The van der Waals surface area contributed by atoms with Crippen molar-refractivity contribution in [3.63, 3.8) is 0 Å². The second-order valence-corrected chi connectivity index (χ2v) is 7.23. The summed E-state index contributed by atoms with van der Waals surface area (Å²) in [7, 11) is 0. The van der Waals surface area contributed by atoms with Gasteiger partial charge in [0, 0.05) is 50.1 Å². The second kappa shape index (κ2) is 9.30. The summed E-state index contributed by atoms with van der Waals surface area (Å²) in [5, 5.41) is 0. The maximum Gasteiger partial charge on any atom is 0.136 e. The van der Waals surface area contributed by atoms with E-state index in [1.165, 1.54) is 22.4 Å². The molecule has 0 N–H and O–H groups in total. The van der Waals surface area contributed by atoms with Crippen LogP contribution in [-0.2, 0) is 26.1 Å². The minimum atomic E-state index is 0.827. The summed E-state index contributed by atoms with van der Waals surface area (Å²) in [6, 6.07) is 23.3. The molecule has 0 atom stereocenters. The van der Waals surface area contributed by atoms with Crippen molar-refractivity contribution in [3.8, 4) is 5.82 Å². The first-order valence-corrected chi connectivity index (χ1v) is 10.1. The quantitative estimate of drug-likeness (QED) is 0.428. The van der Waals surface area contributed by atoms with Crippen molar-refractivity contribution in [1.29, 1.82) is 0 Å². The van der Waals surface area contributed by atoms with Crippen LogP contribution in [-0.4, -0.2) is 19.4 Å². The van der Waals surface area contributed by atoms with E-state index in [1.54, 1.807) is 0 Å². The summed E-state index contributed by atoms with van der Waals surface area (Å²) in [6.07, 6.45) is 8.75. The summed E-state index contributed by atoms with van der Waals surface area (Å²) in [6.45, 7) is 4.74. The van der Waals surface area contributed by atoms with Crippen LogP contribution in [0.15, 0.2) is 91.5 Å². The lowest BCUT2D eigenvalue weighted by atomic mass is 10.1. The first-order chi connectivity index (χ1) is 14.3. The third-order valence-electron chi connectivity index (χ3n) is 5.08. The van der Waals surface area contributed by atoms with Gasteiger partial charge in [-0.3, -0.25) is 9.88 Å². The van der Waals surface area contributed by atoms with Gasteiger partial charge in [0.2, 0.25) is 0 Å². The number of hydrogen-bond donors (Lipinski definition) is 0. The number of nitrogens with zero attached hydrogens (tertiary/aromatic N) is 4. The molecule has 0 radical (unpaired) electrons. The molecule has 4 nitrogen and oxygen atoms in total. The Morgan fingerprint density at radius 2 is 1.59 bits per heavy atom. The van der Waals surface area contributed by atoms with E-state index in [0.29, 0.717) is 0 Å². The standard InChI is InChI=1S/C25H26N4/c1-2-21-10-12-22(13-11-21)18-28(19-23-7-5-14-26-17-23)20-24-8-6-16-29(24)25-9-3-4-15-27-25/h3-17H,2,18-20H2,1H3. The molecule has 4 heteroatoms. The average Bonchev–Trinajstić information content (AvgIpc) is 3.24. The molecular weight excluding hydrogens is 356 g/mol. The predicted octanol–water partition coefficient (Wildman–Crippen LogP) is 5.03. The average molecular weight is 383 g/mol. The summed E-state index contributed by atoms with van der Waals surface area (Å²) < 4.78 is 2.16. The van der Waals surface area contributed by atoms with Gasteiger partial charge in [0.25, 0.3) is 0 Å². The monoisotopic (exact) mass is 382 g/mol. The summed E-state index contributed by atoms with van der Waals surface area (Å²) in [5.74, 6) is 0.945. The van der Waals surface area contributed by atoms with Crippen molar-refractivity contribution < 1.29 is 0 Å². The third-order valence-corrected chi connectivity index (χ3v) is 5.08. The van der Waals surface area contributed by atoms with E-state index in [4.69, 9.17) is 0 Å². The lowest BCUT2D eigenvalue weighted by Gasteiger charge is -2.23. The first kappa shape index (κ1) is 19.1. The van der Waals surface area contributed by atoms with Crippen LogP contribution in [0.1, 0.15) is 29.3 Å². The Hall–Kier alpha value is -3.24. The summed E-state index contributed by atoms with van der Waals surface area (Å²) in [4.78, 5) is 11.2. The van der Waals surface area contributed by atoms with Crippen molar-refractivity contribution in [1.82, 2.24) is 19.4 Å². The van der Waals surface area contributed by atoms with Gasteiger partial charge in [-0.2, -0.15) is 0 Å². The molecule has 0 fully saturated rings. The van der Waals surface area contributed by atoms with Crippen LogP contribution in [0.2, 0.25) is 0 Å². The molecule has 4 aromatic rings. The molecule has 4 rings (SSSR count). The lowest BCUT2D eigenvalue weighted by Crippen LogP contribution is -2.24. The molecule has 0 unspecified atom stereocenters. The molecule has 0 bridgehead atoms. The maximum absolute atomic E-state index is 4.51. The van der Waals surface area contributed by atoms with Crippen LogP contribution in [0.4, 0.5) is 0 Å². The molecule has 0 aliphatic carbocycles. The van der Waals surface area contributed by atoms with Crippen molar-refractivity contribution in [3.05, 3.63) is 114 Å². The zero-order valence-electron chi connectivity index (χ0n) is 16.8. The van der Waals surface area contributed by atoms with Gasteiger partial charge in [0.15, 0.2) is 0 Å². The van der Waals surface area contributed by atoms with Crippen LogP contribution < -0.4 is 0 Å². The van der Waals surface area contributed by atoms with Crippen LogP contribution in [0.25, 0.3) is 5.82 Å². The van der Waals surface area contributed by atoms with E-state index < -0.39 is 0 Å². The zero-order chi connectivity index (χ0) is 19.9. The Bertz CT molecular complexity index is 1010. The van der Waals surface area contributed by atoms with Gasteiger partial charge in [0.1, 0.15) is 5.82 Å². The van der Waals surface area contributed by atoms with E-state index in [2.05, 4.69) is 75.0 Å². The lowest BCUT2D eigenvalue weighted by molar-refractivity contribution is 0.243. The predicted molar refractivity (Wildman–Crippen MR) is 117 cm³/mol. The van der Waals surface area contributed by atoms with Crippen molar-refractivity contribution in [2.45, 2.75) is 33.0 Å². The Labute approximate surface area is 172 Å². The smallest absolute Gasteiger partial charge is 0.136 e. The fraction of sp³-hybridized carbons (Fsp3) is 0.200. The van der Waals surface area contributed by atoms with E-state index in [-0.39, 0.29) is 0 Å². The van der Waals surface area contributed by atoms with Crippen molar-refractivity contribution >= 4 is 0 Å². The molecule has 3 aromatic heterocycles. The Balaban J connectivity index is 1.58. The van der Waals surface area contributed by atoms with Gasteiger partial charge in [-0.05, 0) is 53.4 Å². The van der Waals surface area contributed by atoms with Gasteiger partial charge in [-0.15, -0.1) is 0 Å². The number of pyridine rings is 2. The summed E-state index contributed by atoms with van der Waals surface area (Å²) >= 11 is 0. The molecule has 0 aliphatic heterocycles. The highest BCUT2D eigenvalue weighted by atomic mass is 15.2. The largest absolute Gasteiger partial charge is 0.304 e. The van der Waals surface area contributed by atoms with E-state index >= 15 is 0 Å². The van der Waals surface area contributed by atoms with Gasteiger partial charge in [-0.25, -0.2) is 4.98 Å². The van der Waals surface area contributed by atoms with Crippen LogP contribution >= 0.6 is 0 Å². The molecule has 146 valence electrons. The highest BCUT2D eigenvalue weighted by Gasteiger charge is 2.12. The maximum atomic E-state index is 4.51. The SMILES string of the molecule is CCc1ccc(CN(Cc2cccnc2)Cc2cccn2-c2ccccn2)cc1. The number of hydrogen-bond acceptors (Lipinski definition) is 3. The number of aryl methyl sites for hydroxylation is 1.